The molecule has 0 radical (unpaired) electrons. The number of benzene rings is 2. The number of aryl methyl sites for hydroxylation is 1. The number of carbonyl (C=O) groups is 1. The second kappa shape index (κ2) is 10.9. The fraction of sp³-hybridized carbons (Fsp3) is 0.286. The van der Waals surface area contributed by atoms with E-state index in [2.05, 4.69) is 22.6 Å². The van der Waals surface area contributed by atoms with Gasteiger partial charge in [-0.25, -0.2) is 4.79 Å². The summed E-state index contributed by atoms with van der Waals surface area (Å²) in [5.41, 5.74) is 0.999. The number of halogens is 4. The van der Waals surface area contributed by atoms with Gasteiger partial charge in [0.2, 0.25) is 0 Å². The Hall–Kier alpha value is -1.68. The Balaban J connectivity index is 1.92. The normalized spacial score (nSPS) is 12.0. The minimum Gasteiger partial charge on any atom is -0.482 e. The number of ether oxygens (including phenoxy) is 2. The lowest BCUT2D eigenvalue weighted by molar-refractivity contribution is -0.145. The van der Waals surface area contributed by atoms with E-state index in [0.29, 0.717) is 18.1 Å². The molecule has 0 heterocycles. The minimum atomic E-state index is -4.33. The van der Waals surface area contributed by atoms with E-state index in [-0.39, 0.29) is 6.61 Å². The summed E-state index contributed by atoms with van der Waals surface area (Å²) in [6, 6.07) is 10.8. The van der Waals surface area contributed by atoms with Crippen LogP contribution >= 0.6 is 34.4 Å². The van der Waals surface area contributed by atoms with Gasteiger partial charge < -0.3 is 9.47 Å². The predicted octanol–water partition coefficient (Wildman–Crippen LogP) is 6.52. The minimum absolute atomic E-state index is 0.130. The van der Waals surface area contributed by atoms with Crippen LogP contribution in [0.4, 0.5) is 13.2 Å². The van der Waals surface area contributed by atoms with Gasteiger partial charge in [-0.15, -0.1) is 11.8 Å². The fourth-order valence-electron chi connectivity index (χ4n) is 2.36. The van der Waals surface area contributed by atoms with Crippen molar-refractivity contribution in [3.63, 3.8) is 0 Å². The highest BCUT2D eigenvalue weighted by molar-refractivity contribution is 14.1. The Bertz CT molecular complexity index is 864. The Labute approximate surface area is 185 Å². The van der Waals surface area contributed by atoms with Crippen molar-refractivity contribution in [3.8, 4) is 5.75 Å². The third kappa shape index (κ3) is 7.58. The second-order valence-corrected chi connectivity index (χ2v) is 8.21. The summed E-state index contributed by atoms with van der Waals surface area (Å²) < 4.78 is 49.1. The molecule has 2 aromatic carbocycles. The standard InChI is InChI=1S/C21H20F3IO3S/c1-3-27-20(26)13-28-19-9-8-17(12-14(19)2)29-11-10-18(25)15-4-6-16(7-5-15)21(22,23)24/h4-10,12H,3,11,13H2,1-2H3. The summed E-state index contributed by atoms with van der Waals surface area (Å²) in [6.45, 7) is 3.82. The van der Waals surface area contributed by atoms with Crippen LogP contribution in [0.2, 0.25) is 0 Å². The van der Waals surface area contributed by atoms with Crippen LogP contribution in [0.25, 0.3) is 3.58 Å². The van der Waals surface area contributed by atoms with Crippen LogP contribution in [0.3, 0.4) is 0 Å². The monoisotopic (exact) mass is 536 g/mol. The van der Waals surface area contributed by atoms with Gasteiger partial charge in [0, 0.05) is 14.2 Å². The molecule has 0 aliphatic carbocycles. The molecule has 0 aromatic heterocycles. The van der Waals surface area contributed by atoms with E-state index in [1.54, 1.807) is 24.8 Å². The summed E-state index contributed by atoms with van der Waals surface area (Å²) in [4.78, 5) is 12.4. The molecular formula is C21H20F3IO3S. The highest BCUT2D eigenvalue weighted by Crippen LogP contribution is 2.32. The molecular weight excluding hydrogens is 516 g/mol. The maximum absolute atomic E-state index is 12.6. The quantitative estimate of drug-likeness (QED) is 0.219. The first-order chi connectivity index (χ1) is 13.7. The lowest BCUT2D eigenvalue weighted by atomic mass is 10.1. The van der Waals surface area contributed by atoms with E-state index in [4.69, 9.17) is 9.47 Å². The lowest BCUT2D eigenvalue weighted by Crippen LogP contribution is -2.14. The number of esters is 1. The maximum Gasteiger partial charge on any atom is 0.416 e. The molecule has 0 fully saturated rings. The van der Waals surface area contributed by atoms with Crippen LogP contribution in [0.5, 0.6) is 5.75 Å². The Morgan fingerprint density at radius 1 is 1.17 bits per heavy atom. The van der Waals surface area contributed by atoms with Crippen molar-refractivity contribution in [1.82, 2.24) is 0 Å². The molecule has 0 N–H and O–H groups in total. The van der Waals surface area contributed by atoms with E-state index in [0.717, 1.165) is 31.7 Å². The number of carbonyl (C=O) groups excluding carboxylic acids is 1. The summed E-state index contributed by atoms with van der Waals surface area (Å²) in [5.74, 6) is 0.882. The molecule has 2 rings (SSSR count). The average molecular weight is 536 g/mol. The Kier molecular flexibility index (Phi) is 8.88. The van der Waals surface area contributed by atoms with E-state index in [1.807, 2.05) is 25.1 Å². The lowest BCUT2D eigenvalue weighted by Gasteiger charge is -2.10. The molecule has 0 saturated heterocycles. The van der Waals surface area contributed by atoms with E-state index in [1.165, 1.54) is 12.1 Å². The predicted molar refractivity (Wildman–Crippen MR) is 117 cm³/mol. The van der Waals surface area contributed by atoms with Crippen molar-refractivity contribution >= 4 is 43.9 Å². The van der Waals surface area contributed by atoms with Gasteiger partial charge in [0.1, 0.15) is 5.75 Å². The average Bonchev–Trinajstić information content (AvgIpc) is 2.67. The Morgan fingerprint density at radius 3 is 2.45 bits per heavy atom. The van der Waals surface area contributed by atoms with E-state index >= 15 is 0 Å². The summed E-state index contributed by atoms with van der Waals surface area (Å²) in [6.07, 6.45) is -2.36. The maximum atomic E-state index is 12.6. The molecule has 2 aromatic rings. The molecule has 0 unspecified atom stereocenters. The highest BCUT2D eigenvalue weighted by Gasteiger charge is 2.29. The van der Waals surface area contributed by atoms with Crippen molar-refractivity contribution in [2.75, 3.05) is 19.0 Å². The zero-order valence-electron chi connectivity index (χ0n) is 15.9. The largest absolute Gasteiger partial charge is 0.482 e. The van der Waals surface area contributed by atoms with Crippen LogP contribution in [-0.2, 0) is 15.7 Å². The van der Waals surface area contributed by atoms with Gasteiger partial charge in [0.25, 0.3) is 0 Å². The van der Waals surface area contributed by atoms with Gasteiger partial charge in [0.05, 0.1) is 12.2 Å². The van der Waals surface area contributed by atoms with Crippen molar-refractivity contribution in [2.24, 2.45) is 0 Å². The van der Waals surface area contributed by atoms with Crippen molar-refractivity contribution in [1.29, 1.82) is 0 Å². The van der Waals surface area contributed by atoms with Crippen LogP contribution in [0, 0.1) is 6.92 Å². The molecule has 0 atom stereocenters. The summed E-state index contributed by atoms with van der Waals surface area (Å²) in [7, 11) is 0. The van der Waals surface area contributed by atoms with Crippen LogP contribution in [0.15, 0.2) is 53.4 Å². The highest BCUT2D eigenvalue weighted by atomic mass is 127. The van der Waals surface area contributed by atoms with Gasteiger partial charge in [0.15, 0.2) is 6.61 Å². The molecule has 8 heteroatoms. The molecule has 0 bridgehead atoms. The van der Waals surface area contributed by atoms with Gasteiger partial charge >= 0.3 is 12.1 Å². The molecule has 3 nitrogen and oxygen atoms in total. The van der Waals surface area contributed by atoms with Gasteiger partial charge in [-0.3, -0.25) is 0 Å². The Morgan fingerprint density at radius 2 is 1.86 bits per heavy atom. The van der Waals surface area contributed by atoms with Crippen molar-refractivity contribution < 1.29 is 27.4 Å². The molecule has 0 aliphatic heterocycles. The van der Waals surface area contributed by atoms with Crippen LogP contribution in [0.1, 0.15) is 23.6 Å². The van der Waals surface area contributed by atoms with Gasteiger partial charge in [-0.2, -0.15) is 13.2 Å². The number of thioether (sulfide) groups is 1. The summed E-state index contributed by atoms with van der Waals surface area (Å²) >= 11 is 3.72. The first-order valence-electron chi connectivity index (χ1n) is 8.76. The molecule has 156 valence electrons. The van der Waals surface area contributed by atoms with Crippen LogP contribution in [-0.4, -0.2) is 24.9 Å². The molecule has 29 heavy (non-hydrogen) atoms. The van der Waals surface area contributed by atoms with Gasteiger partial charge in [-0.05, 0) is 77.9 Å². The number of alkyl halides is 3. The number of rotatable bonds is 8. The van der Waals surface area contributed by atoms with Crippen molar-refractivity contribution in [3.05, 3.63) is 65.2 Å². The first-order valence-corrected chi connectivity index (χ1v) is 10.8. The third-order valence-electron chi connectivity index (χ3n) is 3.80. The van der Waals surface area contributed by atoms with E-state index < -0.39 is 17.7 Å². The van der Waals surface area contributed by atoms with Crippen molar-refractivity contribution in [2.45, 2.75) is 24.9 Å². The topological polar surface area (TPSA) is 35.5 Å². The third-order valence-corrected chi connectivity index (χ3v) is 5.78. The molecule has 0 amide bonds. The van der Waals surface area contributed by atoms with Crippen LogP contribution < -0.4 is 4.74 Å². The summed E-state index contributed by atoms with van der Waals surface area (Å²) in [5, 5.41) is 0. The second-order valence-electron chi connectivity index (χ2n) is 5.96. The fourth-order valence-corrected chi connectivity index (χ4v) is 4.11. The molecule has 0 aliphatic rings. The zero-order chi connectivity index (χ0) is 21.4. The zero-order valence-corrected chi connectivity index (χ0v) is 18.9. The van der Waals surface area contributed by atoms with E-state index in [9.17, 15) is 18.0 Å². The van der Waals surface area contributed by atoms with Gasteiger partial charge in [-0.1, -0.05) is 18.2 Å². The number of hydrogen-bond donors (Lipinski definition) is 0. The molecule has 0 saturated carbocycles. The SMILES string of the molecule is CCOC(=O)COc1ccc(SCC=C(I)c2ccc(C(F)(F)F)cc2)cc1C. The molecule has 0 spiro atoms. The number of hydrogen-bond acceptors (Lipinski definition) is 4. The first kappa shape index (κ1) is 23.6. The smallest absolute Gasteiger partial charge is 0.416 e.